The van der Waals surface area contributed by atoms with Crippen LogP contribution in [0.3, 0.4) is 0 Å². The van der Waals surface area contributed by atoms with Crippen LogP contribution in [0.5, 0.6) is 5.75 Å². The Balaban J connectivity index is 2.52. The van der Waals surface area contributed by atoms with Gasteiger partial charge in [0.1, 0.15) is 16.8 Å². The molecule has 116 valence electrons. The molecule has 0 aliphatic rings. The number of hydrogen-bond donors (Lipinski definition) is 0. The van der Waals surface area contributed by atoms with E-state index in [1.54, 1.807) is 26.8 Å². The van der Waals surface area contributed by atoms with E-state index in [-0.39, 0.29) is 22.0 Å². The summed E-state index contributed by atoms with van der Waals surface area (Å²) in [7, 11) is 0. The van der Waals surface area contributed by atoms with Crippen molar-refractivity contribution >= 4 is 46.5 Å². The topological polar surface area (TPSA) is 65.5 Å². The van der Waals surface area contributed by atoms with Crippen molar-refractivity contribution in [1.29, 1.82) is 0 Å². The van der Waals surface area contributed by atoms with Crippen molar-refractivity contribution in [3.05, 3.63) is 33.9 Å². The van der Waals surface area contributed by atoms with Gasteiger partial charge >= 0.3 is 6.16 Å². The first kappa shape index (κ1) is 16.5. The molecule has 2 aromatic rings. The van der Waals surface area contributed by atoms with Crippen molar-refractivity contribution in [2.75, 3.05) is 0 Å². The predicted octanol–water partition coefficient (Wildman–Crippen LogP) is 4.67. The molecule has 0 saturated carbocycles. The van der Waals surface area contributed by atoms with Crippen LogP contribution in [0.1, 0.15) is 31.3 Å². The van der Waals surface area contributed by atoms with Gasteiger partial charge in [0.25, 0.3) is 0 Å². The summed E-state index contributed by atoms with van der Waals surface area (Å²) in [5, 5.41) is 0.940. The Hall–Kier alpha value is -1.85. The van der Waals surface area contributed by atoms with Gasteiger partial charge in [0.05, 0.1) is 10.0 Å². The molecule has 1 aromatic heterocycles. The Labute approximate surface area is 137 Å². The molecule has 0 saturated heterocycles. The lowest BCUT2D eigenvalue weighted by Gasteiger charge is -2.19. The van der Waals surface area contributed by atoms with E-state index in [4.69, 9.17) is 32.7 Å². The van der Waals surface area contributed by atoms with Gasteiger partial charge in [0, 0.05) is 5.39 Å². The fourth-order valence-corrected chi connectivity index (χ4v) is 2.28. The number of halogens is 2. The molecule has 0 fully saturated rings. The van der Waals surface area contributed by atoms with Crippen molar-refractivity contribution in [3.63, 3.8) is 0 Å². The third-order valence-corrected chi connectivity index (χ3v) is 3.15. The minimum atomic E-state index is -0.920. The number of aldehydes is 1. The Morgan fingerprint density at radius 1 is 1.23 bits per heavy atom. The summed E-state index contributed by atoms with van der Waals surface area (Å²) in [6.07, 6.45) is -0.345. The second kappa shape index (κ2) is 6.10. The lowest BCUT2D eigenvalue weighted by molar-refractivity contribution is 0.0209. The molecule has 0 N–H and O–H groups in total. The number of ether oxygens (including phenoxy) is 2. The van der Waals surface area contributed by atoms with E-state index < -0.39 is 11.8 Å². The van der Waals surface area contributed by atoms with Gasteiger partial charge in [-0.1, -0.05) is 23.2 Å². The Kier molecular flexibility index (Phi) is 4.58. The van der Waals surface area contributed by atoms with Crippen LogP contribution >= 0.6 is 23.2 Å². The van der Waals surface area contributed by atoms with Crippen LogP contribution in [0.2, 0.25) is 10.0 Å². The van der Waals surface area contributed by atoms with Crippen molar-refractivity contribution in [2.24, 2.45) is 0 Å². The van der Waals surface area contributed by atoms with Gasteiger partial charge in [-0.25, -0.2) is 9.78 Å². The first-order valence-electron chi connectivity index (χ1n) is 6.36. The highest BCUT2D eigenvalue weighted by molar-refractivity contribution is 6.39. The number of aromatic nitrogens is 1. The van der Waals surface area contributed by atoms with E-state index in [1.165, 1.54) is 12.1 Å². The zero-order valence-electron chi connectivity index (χ0n) is 12.1. The predicted molar refractivity (Wildman–Crippen MR) is 84.0 cm³/mol. The largest absolute Gasteiger partial charge is 0.514 e. The molecule has 0 radical (unpaired) electrons. The Morgan fingerprint density at radius 2 is 1.91 bits per heavy atom. The average molecular weight is 342 g/mol. The molecule has 0 bridgehead atoms. The van der Waals surface area contributed by atoms with Gasteiger partial charge in [-0.15, -0.1) is 0 Å². The van der Waals surface area contributed by atoms with Gasteiger partial charge in [-0.05, 0) is 39.0 Å². The van der Waals surface area contributed by atoms with Crippen LogP contribution in [0.4, 0.5) is 4.79 Å². The number of nitrogens with zero attached hydrogens (tertiary/aromatic N) is 1. The van der Waals surface area contributed by atoms with Crippen LogP contribution in [0.25, 0.3) is 10.9 Å². The van der Waals surface area contributed by atoms with E-state index in [0.717, 1.165) is 0 Å². The third kappa shape index (κ3) is 3.67. The highest BCUT2D eigenvalue weighted by Crippen LogP contribution is 2.37. The van der Waals surface area contributed by atoms with Crippen molar-refractivity contribution in [1.82, 2.24) is 4.98 Å². The van der Waals surface area contributed by atoms with Crippen LogP contribution < -0.4 is 4.74 Å². The van der Waals surface area contributed by atoms with Crippen LogP contribution in [-0.2, 0) is 4.74 Å². The molecule has 0 aliphatic carbocycles. The first-order chi connectivity index (χ1) is 10.2. The van der Waals surface area contributed by atoms with Crippen molar-refractivity contribution in [3.8, 4) is 5.75 Å². The SMILES string of the molecule is CC(C)(C)OC(=O)Oc1c(Cl)cc(Cl)c2ccc(C=O)nc12. The van der Waals surface area contributed by atoms with E-state index in [9.17, 15) is 9.59 Å². The third-order valence-electron chi connectivity index (χ3n) is 2.56. The summed E-state index contributed by atoms with van der Waals surface area (Å²) in [5.74, 6) is -0.000910. The molecule has 7 heteroatoms. The number of carbonyl (C=O) groups is 2. The van der Waals surface area contributed by atoms with E-state index >= 15 is 0 Å². The summed E-state index contributed by atoms with van der Waals surface area (Å²) in [6, 6.07) is 4.55. The first-order valence-corrected chi connectivity index (χ1v) is 7.11. The summed E-state index contributed by atoms with van der Waals surface area (Å²) < 4.78 is 10.2. The number of pyridine rings is 1. The standard InChI is InChI=1S/C15H13Cl2NO4/c1-15(2,3)22-14(20)21-13-11(17)6-10(16)9-5-4-8(7-19)18-12(9)13/h4-7H,1-3H3. The molecule has 0 atom stereocenters. The highest BCUT2D eigenvalue weighted by atomic mass is 35.5. The minimum Gasteiger partial charge on any atom is -0.428 e. The monoisotopic (exact) mass is 341 g/mol. The fourth-order valence-electron chi connectivity index (χ4n) is 1.72. The lowest BCUT2D eigenvalue weighted by Crippen LogP contribution is -2.26. The smallest absolute Gasteiger partial charge is 0.428 e. The average Bonchev–Trinajstić information content (AvgIpc) is 2.40. The second-order valence-electron chi connectivity index (χ2n) is 5.49. The van der Waals surface area contributed by atoms with Crippen molar-refractivity contribution < 1.29 is 19.1 Å². The zero-order valence-corrected chi connectivity index (χ0v) is 13.7. The molecule has 22 heavy (non-hydrogen) atoms. The molecule has 0 unspecified atom stereocenters. The number of hydrogen-bond acceptors (Lipinski definition) is 5. The summed E-state index contributed by atoms with van der Waals surface area (Å²) in [4.78, 5) is 26.8. The molecule has 1 heterocycles. The van der Waals surface area contributed by atoms with Crippen LogP contribution in [-0.4, -0.2) is 23.0 Å². The van der Waals surface area contributed by atoms with Crippen LogP contribution in [0, 0.1) is 0 Å². The molecule has 0 spiro atoms. The summed E-state index contributed by atoms with van der Waals surface area (Å²) in [6.45, 7) is 5.12. The minimum absolute atomic E-state index is 0.000910. The Bertz CT molecular complexity index is 753. The van der Waals surface area contributed by atoms with Gasteiger partial charge in [-0.3, -0.25) is 4.79 Å². The highest BCUT2D eigenvalue weighted by Gasteiger charge is 2.22. The molecular formula is C15H13Cl2NO4. The summed E-state index contributed by atoms with van der Waals surface area (Å²) in [5.41, 5.74) is -0.333. The number of carbonyl (C=O) groups excluding carboxylic acids is 2. The summed E-state index contributed by atoms with van der Waals surface area (Å²) >= 11 is 12.2. The van der Waals surface area contributed by atoms with E-state index in [1.807, 2.05) is 0 Å². The van der Waals surface area contributed by atoms with Gasteiger partial charge < -0.3 is 9.47 Å². The Morgan fingerprint density at radius 3 is 2.50 bits per heavy atom. The number of fused-ring (bicyclic) bond motifs is 1. The zero-order chi connectivity index (χ0) is 16.5. The molecular weight excluding hydrogens is 329 g/mol. The quantitative estimate of drug-likeness (QED) is 0.451. The maximum atomic E-state index is 11.8. The van der Waals surface area contributed by atoms with E-state index in [2.05, 4.69) is 4.98 Å². The van der Waals surface area contributed by atoms with Crippen LogP contribution in [0.15, 0.2) is 18.2 Å². The lowest BCUT2D eigenvalue weighted by atomic mass is 10.2. The molecule has 2 rings (SSSR count). The number of benzene rings is 1. The fraction of sp³-hybridized carbons (Fsp3) is 0.267. The van der Waals surface area contributed by atoms with Gasteiger partial charge in [-0.2, -0.15) is 0 Å². The number of rotatable bonds is 2. The van der Waals surface area contributed by atoms with Crippen molar-refractivity contribution in [2.45, 2.75) is 26.4 Å². The molecule has 1 aromatic carbocycles. The van der Waals surface area contributed by atoms with Gasteiger partial charge in [0.2, 0.25) is 0 Å². The molecule has 0 amide bonds. The van der Waals surface area contributed by atoms with E-state index in [0.29, 0.717) is 16.7 Å². The normalized spacial score (nSPS) is 11.3. The van der Waals surface area contributed by atoms with Gasteiger partial charge in [0.15, 0.2) is 12.0 Å². The maximum Gasteiger partial charge on any atom is 0.514 e. The maximum absolute atomic E-state index is 11.8. The second-order valence-corrected chi connectivity index (χ2v) is 6.30. The molecule has 0 aliphatic heterocycles. The molecule has 5 nitrogen and oxygen atoms in total.